The highest BCUT2D eigenvalue weighted by Gasteiger charge is 2.22. The second-order valence-corrected chi connectivity index (χ2v) is 10.7. The molecule has 6 rings (SSSR count). The Morgan fingerprint density at radius 3 is 2.69 bits per heavy atom. The molecule has 0 aliphatic heterocycles. The summed E-state index contributed by atoms with van der Waals surface area (Å²) in [5, 5.41) is 13.7. The number of thioether (sulfide) groups is 1. The number of carbonyl (C=O) groups is 1. The van der Waals surface area contributed by atoms with Gasteiger partial charge in [0.2, 0.25) is 5.91 Å². The number of anilines is 1. The molecule has 6 nitrogen and oxygen atoms in total. The fourth-order valence-electron chi connectivity index (χ4n) is 4.27. The molecule has 3 aromatic carbocycles. The van der Waals surface area contributed by atoms with Crippen molar-refractivity contribution in [3.63, 3.8) is 0 Å². The van der Waals surface area contributed by atoms with Gasteiger partial charge in [-0.2, -0.15) is 0 Å². The molecule has 178 valence electrons. The molecule has 2 aromatic heterocycles. The van der Waals surface area contributed by atoms with Crippen molar-refractivity contribution in [2.24, 2.45) is 0 Å². The zero-order chi connectivity index (χ0) is 24.5. The van der Waals surface area contributed by atoms with Gasteiger partial charge < -0.3 is 5.32 Å². The largest absolute Gasteiger partial charge is 0.301 e. The quantitative estimate of drug-likeness (QED) is 0.253. The maximum atomic E-state index is 12.9. The van der Waals surface area contributed by atoms with Crippen LogP contribution in [0.15, 0.2) is 84.0 Å². The number of nitrogens with zero attached hydrogens (tertiary/aromatic N) is 4. The van der Waals surface area contributed by atoms with Gasteiger partial charge >= 0.3 is 0 Å². The monoisotopic (exact) mass is 529 g/mol. The van der Waals surface area contributed by atoms with E-state index in [4.69, 9.17) is 16.6 Å². The molecule has 0 fully saturated rings. The molecule has 1 amide bonds. The summed E-state index contributed by atoms with van der Waals surface area (Å²) in [5.74, 6) is 0.724. The predicted molar refractivity (Wildman–Crippen MR) is 146 cm³/mol. The van der Waals surface area contributed by atoms with Gasteiger partial charge in [0.15, 0.2) is 16.1 Å². The molecule has 36 heavy (non-hydrogen) atoms. The second kappa shape index (κ2) is 9.89. The number of rotatable bonds is 6. The van der Waals surface area contributed by atoms with Crippen molar-refractivity contribution in [1.82, 2.24) is 19.7 Å². The SMILES string of the molecule is O=C(CSc1nnc(-c2ccccc2)n1-c1cccc(Cl)c1)Nc1nc2c(s1)CCc1ccccc1-2. The van der Waals surface area contributed by atoms with Crippen molar-refractivity contribution in [2.45, 2.75) is 18.0 Å². The Hall–Kier alpha value is -3.46. The van der Waals surface area contributed by atoms with Crippen molar-refractivity contribution in [2.75, 3.05) is 11.1 Å². The van der Waals surface area contributed by atoms with E-state index in [1.807, 2.05) is 65.2 Å². The van der Waals surface area contributed by atoms with Crippen molar-refractivity contribution in [3.8, 4) is 28.3 Å². The summed E-state index contributed by atoms with van der Waals surface area (Å²) in [5.41, 5.74) is 5.21. The van der Waals surface area contributed by atoms with E-state index in [1.165, 1.54) is 22.2 Å². The first-order chi connectivity index (χ1) is 17.7. The lowest BCUT2D eigenvalue weighted by atomic mass is 9.94. The smallest absolute Gasteiger partial charge is 0.236 e. The summed E-state index contributed by atoms with van der Waals surface area (Å²) in [6.07, 6.45) is 1.94. The van der Waals surface area contributed by atoms with Crippen LogP contribution in [0.2, 0.25) is 5.02 Å². The minimum absolute atomic E-state index is 0.138. The van der Waals surface area contributed by atoms with Gasteiger partial charge in [-0.1, -0.05) is 84.0 Å². The van der Waals surface area contributed by atoms with Gasteiger partial charge in [0, 0.05) is 21.0 Å². The van der Waals surface area contributed by atoms with Crippen LogP contribution in [0.4, 0.5) is 5.13 Å². The molecule has 0 saturated heterocycles. The Morgan fingerprint density at radius 1 is 1.00 bits per heavy atom. The summed E-state index contributed by atoms with van der Waals surface area (Å²) in [6.45, 7) is 0. The highest BCUT2D eigenvalue weighted by molar-refractivity contribution is 7.99. The van der Waals surface area contributed by atoms with Crippen LogP contribution in [0.25, 0.3) is 28.3 Å². The molecule has 1 aliphatic carbocycles. The average Bonchev–Trinajstić information content (AvgIpc) is 3.52. The molecule has 5 aromatic rings. The predicted octanol–water partition coefficient (Wildman–Crippen LogP) is 6.54. The number of fused-ring (bicyclic) bond motifs is 3. The molecule has 1 aliphatic rings. The lowest BCUT2D eigenvalue weighted by Crippen LogP contribution is -2.14. The Labute approximate surface area is 221 Å². The summed E-state index contributed by atoms with van der Waals surface area (Å²) >= 11 is 9.15. The average molecular weight is 530 g/mol. The van der Waals surface area contributed by atoms with E-state index in [0.29, 0.717) is 21.1 Å². The van der Waals surface area contributed by atoms with E-state index in [2.05, 4.69) is 33.7 Å². The number of aryl methyl sites for hydroxylation is 2. The number of amides is 1. The number of carbonyl (C=O) groups excluding carboxylic acids is 1. The maximum absolute atomic E-state index is 12.9. The molecule has 2 heterocycles. The van der Waals surface area contributed by atoms with Gasteiger partial charge in [-0.05, 0) is 36.6 Å². The fraction of sp³-hybridized carbons (Fsp3) is 0.111. The Kier molecular flexibility index (Phi) is 6.31. The van der Waals surface area contributed by atoms with Crippen LogP contribution < -0.4 is 5.32 Å². The van der Waals surface area contributed by atoms with Gasteiger partial charge in [-0.25, -0.2) is 4.98 Å². The van der Waals surface area contributed by atoms with E-state index >= 15 is 0 Å². The molecule has 0 saturated carbocycles. The number of benzene rings is 3. The Balaban J connectivity index is 1.22. The zero-order valence-corrected chi connectivity index (χ0v) is 21.4. The third-order valence-electron chi connectivity index (χ3n) is 5.90. The summed E-state index contributed by atoms with van der Waals surface area (Å²) < 4.78 is 1.93. The van der Waals surface area contributed by atoms with Gasteiger partial charge in [-0.3, -0.25) is 9.36 Å². The van der Waals surface area contributed by atoms with Crippen molar-refractivity contribution >= 4 is 45.7 Å². The maximum Gasteiger partial charge on any atom is 0.236 e. The summed E-state index contributed by atoms with van der Waals surface area (Å²) in [4.78, 5) is 18.8. The number of hydrogen-bond donors (Lipinski definition) is 1. The van der Waals surface area contributed by atoms with E-state index in [1.54, 1.807) is 11.3 Å². The normalized spacial score (nSPS) is 12.1. The molecule has 0 radical (unpaired) electrons. The van der Waals surface area contributed by atoms with Crippen LogP contribution in [0.5, 0.6) is 0 Å². The first kappa shape index (κ1) is 23.0. The van der Waals surface area contributed by atoms with E-state index in [0.717, 1.165) is 35.3 Å². The van der Waals surface area contributed by atoms with Crippen LogP contribution in [-0.4, -0.2) is 31.4 Å². The third-order valence-corrected chi connectivity index (χ3v) is 8.10. The van der Waals surface area contributed by atoms with Crippen molar-refractivity contribution in [1.29, 1.82) is 0 Å². The molecule has 0 unspecified atom stereocenters. The first-order valence-electron chi connectivity index (χ1n) is 11.4. The Bertz CT molecular complexity index is 1560. The van der Waals surface area contributed by atoms with Crippen LogP contribution in [-0.2, 0) is 17.6 Å². The van der Waals surface area contributed by atoms with Crippen molar-refractivity contribution in [3.05, 3.63) is 94.3 Å². The molecular weight excluding hydrogens is 510 g/mol. The summed E-state index contributed by atoms with van der Waals surface area (Å²) in [7, 11) is 0. The van der Waals surface area contributed by atoms with Crippen molar-refractivity contribution < 1.29 is 4.79 Å². The standard InChI is InChI=1S/C27H20ClN5OS2/c28-19-10-6-11-20(15-19)33-25(18-8-2-1-3-9-18)31-32-27(33)35-16-23(34)29-26-30-24-21-12-5-4-7-17(21)13-14-22(24)36-26/h1-12,15H,13-14,16H2,(H,29,30,34). The van der Waals surface area contributed by atoms with Crippen LogP contribution in [0, 0.1) is 0 Å². The highest BCUT2D eigenvalue weighted by atomic mass is 35.5. The molecular formula is C27H20ClN5OS2. The van der Waals surface area contributed by atoms with E-state index < -0.39 is 0 Å². The number of aromatic nitrogens is 4. The molecule has 1 N–H and O–H groups in total. The van der Waals surface area contributed by atoms with E-state index in [9.17, 15) is 4.79 Å². The highest BCUT2D eigenvalue weighted by Crippen LogP contribution is 2.38. The van der Waals surface area contributed by atoms with Gasteiger partial charge in [0.1, 0.15) is 0 Å². The number of halogens is 1. The minimum Gasteiger partial charge on any atom is -0.301 e. The molecule has 0 bridgehead atoms. The fourth-order valence-corrected chi connectivity index (χ4v) is 6.20. The first-order valence-corrected chi connectivity index (χ1v) is 13.6. The molecule has 0 atom stereocenters. The van der Waals surface area contributed by atoms with E-state index in [-0.39, 0.29) is 11.7 Å². The van der Waals surface area contributed by atoms with Gasteiger partial charge in [-0.15, -0.1) is 21.5 Å². The van der Waals surface area contributed by atoms with Crippen LogP contribution >= 0.6 is 34.7 Å². The number of thiazole rings is 1. The lowest BCUT2D eigenvalue weighted by Gasteiger charge is -2.13. The van der Waals surface area contributed by atoms with Gasteiger partial charge in [0.25, 0.3) is 0 Å². The van der Waals surface area contributed by atoms with Crippen LogP contribution in [0.3, 0.4) is 0 Å². The number of nitrogens with one attached hydrogen (secondary N) is 1. The summed E-state index contributed by atoms with van der Waals surface area (Å²) in [6, 6.07) is 25.7. The lowest BCUT2D eigenvalue weighted by molar-refractivity contribution is -0.113. The van der Waals surface area contributed by atoms with Gasteiger partial charge in [0.05, 0.1) is 17.1 Å². The topological polar surface area (TPSA) is 72.7 Å². The minimum atomic E-state index is -0.138. The Morgan fingerprint density at radius 2 is 1.83 bits per heavy atom. The second-order valence-electron chi connectivity index (χ2n) is 8.27. The van der Waals surface area contributed by atoms with Crippen LogP contribution in [0.1, 0.15) is 10.4 Å². The zero-order valence-electron chi connectivity index (χ0n) is 19.0. The molecule has 0 spiro atoms. The molecule has 9 heteroatoms. The third kappa shape index (κ3) is 4.55. The number of hydrogen-bond acceptors (Lipinski definition) is 6.